The van der Waals surface area contributed by atoms with Gasteiger partial charge in [-0.05, 0) is 38.0 Å². The summed E-state index contributed by atoms with van der Waals surface area (Å²) in [5.74, 6) is 0.951. The van der Waals surface area contributed by atoms with Crippen LogP contribution in [0.2, 0.25) is 0 Å². The van der Waals surface area contributed by atoms with Crippen LogP contribution in [0.1, 0.15) is 30.1 Å². The standard InChI is InChI=1S/C22H31N3O4/c1-16-14-29-15-19-13-24(10-11-25(16)19)21(26)17-6-8-23(9-7-17)22(27)18-4-3-5-20(12-18)28-2/h3-5,12,16-17,19H,6-11,13-15H2,1-2H3/t16-,19+/m0/s1. The van der Waals surface area contributed by atoms with Crippen molar-refractivity contribution in [2.45, 2.75) is 31.8 Å². The van der Waals surface area contributed by atoms with E-state index in [1.54, 1.807) is 13.2 Å². The highest BCUT2D eigenvalue weighted by atomic mass is 16.5. The first-order chi connectivity index (χ1) is 14.1. The third-order valence-corrected chi connectivity index (χ3v) is 6.52. The number of nitrogens with zero attached hydrogens (tertiary/aromatic N) is 3. The van der Waals surface area contributed by atoms with Crippen molar-refractivity contribution in [2.75, 3.05) is 53.0 Å². The van der Waals surface area contributed by atoms with Gasteiger partial charge in [-0.1, -0.05) is 6.07 Å². The number of morpholine rings is 1. The van der Waals surface area contributed by atoms with Gasteiger partial charge >= 0.3 is 0 Å². The number of benzene rings is 1. The molecule has 2 amide bonds. The SMILES string of the molecule is COc1cccc(C(=O)N2CCC(C(=O)N3CCN4[C@@H](COC[C@@H]4C)C3)CC2)c1. The van der Waals surface area contributed by atoms with E-state index in [-0.39, 0.29) is 17.7 Å². The molecule has 3 heterocycles. The Kier molecular flexibility index (Phi) is 6.06. The minimum absolute atomic E-state index is 0.0109. The maximum atomic E-state index is 13.1. The Hall–Kier alpha value is -2.12. The van der Waals surface area contributed by atoms with Crippen molar-refractivity contribution in [1.29, 1.82) is 0 Å². The smallest absolute Gasteiger partial charge is 0.253 e. The van der Waals surface area contributed by atoms with Gasteiger partial charge in [0.1, 0.15) is 5.75 Å². The lowest BCUT2D eigenvalue weighted by atomic mass is 9.94. The maximum absolute atomic E-state index is 13.1. The number of piperidine rings is 1. The Labute approximate surface area is 172 Å². The summed E-state index contributed by atoms with van der Waals surface area (Å²) in [6.45, 7) is 7.40. The first-order valence-corrected chi connectivity index (χ1v) is 10.6. The van der Waals surface area contributed by atoms with E-state index in [1.165, 1.54) is 0 Å². The number of hydrogen-bond acceptors (Lipinski definition) is 5. The fraction of sp³-hybridized carbons (Fsp3) is 0.636. The number of piperazine rings is 1. The van der Waals surface area contributed by atoms with E-state index < -0.39 is 0 Å². The van der Waals surface area contributed by atoms with Crippen LogP contribution in [0.15, 0.2) is 24.3 Å². The monoisotopic (exact) mass is 401 g/mol. The number of rotatable bonds is 3. The lowest BCUT2D eigenvalue weighted by molar-refractivity contribution is -0.144. The van der Waals surface area contributed by atoms with Crippen LogP contribution >= 0.6 is 0 Å². The molecule has 3 fully saturated rings. The molecule has 3 aliphatic rings. The van der Waals surface area contributed by atoms with Crippen LogP contribution < -0.4 is 4.74 Å². The topological polar surface area (TPSA) is 62.3 Å². The zero-order valence-corrected chi connectivity index (χ0v) is 17.4. The molecule has 7 nitrogen and oxygen atoms in total. The van der Waals surface area contributed by atoms with Crippen molar-refractivity contribution in [3.8, 4) is 5.75 Å². The Morgan fingerprint density at radius 2 is 1.86 bits per heavy atom. The second-order valence-corrected chi connectivity index (χ2v) is 8.36. The van der Waals surface area contributed by atoms with Gasteiger partial charge in [-0.15, -0.1) is 0 Å². The van der Waals surface area contributed by atoms with Crippen LogP contribution in [0.25, 0.3) is 0 Å². The second kappa shape index (κ2) is 8.71. The number of fused-ring (bicyclic) bond motifs is 1. The molecule has 29 heavy (non-hydrogen) atoms. The number of carbonyl (C=O) groups excluding carboxylic acids is 2. The molecule has 4 rings (SSSR count). The molecule has 3 saturated heterocycles. The molecule has 1 aromatic rings. The van der Waals surface area contributed by atoms with Crippen molar-refractivity contribution >= 4 is 11.8 Å². The first kappa shape index (κ1) is 20.2. The van der Waals surface area contributed by atoms with Gasteiger partial charge in [0.2, 0.25) is 5.91 Å². The maximum Gasteiger partial charge on any atom is 0.253 e. The van der Waals surface area contributed by atoms with Crippen molar-refractivity contribution in [2.24, 2.45) is 5.92 Å². The van der Waals surface area contributed by atoms with Crippen LogP contribution in [0.5, 0.6) is 5.75 Å². The quantitative estimate of drug-likeness (QED) is 0.768. The normalized spacial score (nSPS) is 26.1. The van der Waals surface area contributed by atoms with Gasteiger partial charge in [0, 0.05) is 50.2 Å². The van der Waals surface area contributed by atoms with Crippen molar-refractivity contribution in [1.82, 2.24) is 14.7 Å². The summed E-state index contributed by atoms with van der Waals surface area (Å²) in [5.41, 5.74) is 0.636. The van der Waals surface area contributed by atoms with Crippen molar-refractivity contribution in [3.63, 3.8) is 0 Å². The average molecular weight is 402 g/mol. The molecule has 7 heteroatoms. The van der Waals surface area contributed by atoms with Crippen LogP contribution in [-0.2, 0) is 9.53 Å². The molecular weight excluding hydrogens is 370 g/mol. The fourth-order valence-corrected chi connectivity index (χ4v) is 4.79. The highest BCUT2D eigenvalue weighted by Gasteiger charge is 2.37. The molecule has 0 N–H and O–H groups in total. The minimum Gasteiger partial charge on any atom is -0.497 e. The Balaban J connectivity index is 1.31. The lowest BCUT2D eigenvalue weighted by Crippen LogP contribution is -2.62. The summed E-state index contributed by atoms with van der Waals surface area (Å²) < 4.78 is 10.9. The lowest BCUT2D eigenvalue weighted by Gasteiger charge is -2.47. The van der Waals surface area contributed by atoms with E-state index in [9.17, 15) is 9.59 Å². The summed E-state index contributed by atoms with van der Waals surface area (Å²) in [7, 11) is 1.60. The van der Waals surface area contributed by atoms with Gasteiger partial charge in [-0.25, -0.2) is 0 Å². The first-order valence-electron chi connectivity index (χ1n) is 10.6. The van der Waals surface area contributed by atoms with E-state index in [1.807, 2.05) is 28.0 Å². The minimum atomic E-state index is 0.0109. The number of hydrogen-bond donors (Lipinski definition) is 0. The van der Waals surface area contributed by atoms with Gasteiger partial charge < -0.3 is 19.3 Å². The highest BCUT2D eigenvalue weighted by Crippen LogP contribution is 2.25. The molecule has 0 spiro atoms. The third kappa shape index (κ3) is 4.26. The fourth-order valence-electron chi connectivity index (χ4n) is 4.79. The van der Waals surface area contributed by atoms with E-state index >= 15 is 0 Å². The van der Waals surface area contributed by atoms with Gasteiger partial charge in [0.15, 0.2) is 0 Å². The van der Waals surface area contributed by atoms with Crippen molar-refractivity contribution in [3.05, 3.63) is 29.8 Å². The summed E-state index contributed by atoms with van der Waals surface area (Å²) in [5, 5.41) is 0. The number of likely N-dealkylation sites (tertiary alicyclic amines) is 1. The third-order valence-electron chi connectivity index (χ3n) is 6.52. The summed E-state index contributed by atoms with van der Waals surface area (Å²) >= 11 is 0. The average Bonchev–Trinajstić information content (AvgIpc) is 2.78. The molecular formula is C22H31N3O4. The molecule has 0 saturated carbocycles. The summed E-state index contributed by atoms with van der Waals surface area (Å²) in [4.78, 5) is 32.2. The number of amides is 2. The summed E-state index contributed by atoms with van der Waals surface area (Å²) in [6.07, 6.45) is 1.46. The van der Waals surface area contributed by atoms with E-state index in [2.05, 4.69) is 11.8 Å². The second-order valence-electron chi connectivity index (χ2n) is 8.36. The van der Waals surface area contributed by atoms with Crippen LogP contribution in [-0.4, -0.2) is 91.6 Å². The van der Waals surface area contributed by atoms with E-state index in [4.69, 9.17) is 9.47 Å². The van der Waals surface area contributed by atoms with Crippen molar-refractivity contribution < 1.29 is 19.1 Å². The molecule has 0 radical (unpaired) electrons. The molecule has 0 aliphatic carbocycles. The highest BCUT2D eigenvalue weighted by molar-refractivity contribution is 5.94. The number of ether oxygens (including phenoxy) is 2. The van der Waals surface area contributed by atoms with E-state index in [0.29, 0.717) is 43.1 Å². The predicted molar refractivity (Wildman–Crippen MR) is 109 cm³/mol. The molecule has 1 aromatic carbocycles. The molecule has 3 aliphatic heterocycles. The van der Waals surface area contributed by atoms with Gasteiger partial charge in [0.05, 0.1) is 26.4 Å². The van der Waals surface area contributed by atoms with Crippen LogP contribution in [0, 0.1) is 5.92 Å². The Morgan fingerprint density at radius 1 is 1.07 bits per heavy atom. The number of methoxy groups -OCH3 is 1. The van der Waals surface area contributed by atoms with Crippen LogP contribution in [0.3, 0.4) is 0 Å². The summed E-state index contributed by atoms with van der Waals surface area (Å²) in [6, 6.07) is 7.99. The van der Waals surface area contributed by atoms with Gasteiger partial charge in [0.25, 0.3) is 5.91 Å². The zero-order chi connectivity index (χ0) is 20.4. The molecule has 0 unspecified atom stereocenters. The molecule has 0 bridgehead atoms. The molecule has 0 aromatic heterocycles. The zero-order valence-electron chi connectivity index (χ0n) is 17.4. The van der Waals surface area contributed by atoms with Crippen LogP contribution in [0.4, 0.5) is 0 Å². The number of carbonyl (C=O) groups is 2. The molecule has 2 atom stereocenters. The largest absolute Gasteiger partial charge is 0.497 e. The van der Waals surface area contributed by atoms with Gasteiger partial charge in [-0.2, -0.15) is 0 Å². The molecule has 158 valence electrons. The Bertz CT molecular complexity index is 747. The Morgan fingerprint density at radius 3 is 2.62 bits per heavy atom. The van der Waals surface area contributed by atoms with E-state index in [0.717, 1.165) is 39.1 Å². The predicted octanol–water partition coefficient (Wildman–Crippen LogP) is 1.48. The van der Waals surface area contributed by atoms with Gasteiger partial charge in [-0.3, -0.25) is 14.5 Å².